The summed E-state index contributed by atoms with van der Waals surface area (Å²) in [6.45, 7) is 7.69. The van der Waals surface area contributed by atoms with Gasteiger partial charge in [0.25, 0.3) is 0 Å². The van der Waals surface area contributed by atoms with Crippen LogP contribution in [0.3, 0.4) is 0 Å². The molecule has 1 atom stereocenters. The third kappa shape index (κ3) is 2.89. The van der Waals surface area contributed by atoms with Crippen LogP contribution in [-0.2, 0) is 4.84 Å². The molecule has 0 aliphatic carbocycles. The fourth-order valence-corrected chi connectivity index (χ4v) is 1.11. The minimum absolute atomic E-state index is 0.0290. The fourth-order valence-electron chi connectivity index (χ4n) is 1.11. The summed E-state index contributed by atoms with van der Waals surface area (Å²) in [4.78, 5) is 5.54. The lowest BCUT2D eigenvalue weighted by molar-refractivity contribution is 0.0857. The maximum absolute atomic E-state index is 5.54. The zero-order valence-electron chi connectivity index (χ0n) is 9.03. The highest BCUT2D eigenvalue weighted by Crippen LogP contribution is 2.14. The third-order valence-electron chi connectivity index (χ3n) is 2.05. The Morgan fingerprint density at radius 2 is 1.93 bits per heavy atom. The third-order valence-corrected chi connectivity index (χ3v) is 2.05. The molecule has 0 saturated heterocycles. The van der Waals surface area contributed by atoms with Crippen molar-refractivity contribution in [1.29, 1.82) is 0 Å². The van der Waals surface area contributed by atoms with Gasteiger partial charge < -0.3 is 0 Å². The molecule has 1 aromatic carbocycles. The van der Waals surface area contributed by atoms with Crippen molar-refractivity contribution < 1.29 is 4.84 Å². The molecule has 0 saturated carbocycles. The summed E-state index contributed by atoms with van der Waals surface area (Å²) in [6, 6.07) is 8.19. The van der Waals surface area contributed by atoms with Crippen LogP contribution in [0, 0.1) is 6.92 Å². The number of rotatable bonds is 4. The summed E-state index contributed by atoms with van der Waals surface area (Å²) in [5, 5.41) is 1.76. The number of hydroxylamine groups is 1. The lowest BCUT2D eigenvalue weighted by atomic mass is 10.2. The van der Waals surface area contributed by atoms with Crippen molar-refractivity contribution in [1.82, 2.24) is 0 Å². The number of hydrogen-bond donors (Lipinski definition) is 0. The monoisotopic (exact) mass is 191 g/mol. The van der Waals surface area contributed by atoms with E-state index in [1.807, 2.05) is 26.1 Å². The topological polar surface area (TPSA) is 12.5 Å². The van der Waals surface area contributed by atoms with Gasteiger partial charge in [0.05, 0.1) is 5.69 Å². The minimum atomic E-state index is 0.0290. The number of nitrogens with zero attached hydrogens (tertiary/aromatic N) is 1. The maximum Gasteiger partial charge on any atom is 0.101 e. The second kappa shape index (κ2) is 4.82. The van der Waals surface area contributed by atoms with Gasteiger partial charge in [0, 0.05) is 7.05 Å². The molecule has 0 aliphatic rings. The normalized spacial score (nSPS) is 12.2. The Morgan fingerprint density at radius 3 is 2.43 bits per heavy atom. The van der Waals surface area contributed by atoms with E-state index in [0.29, 0.717) is 0 Å². The summed E-state index contributed by atoms with van der Waals surface area (Å²) in [5.41, 5.74) is 2.29. The Hall–Kier alpha value is -1.28. The Labute approximate surface area is 85.8 Å². The number of hydrogen-bond acceptors (Lipinski definition) is 2. The zero-order valence-corrected chi connectivity index (χ0v) is 9.03. The molecule has 1 rings (SSSR count). The van der Waals surface area contributed by atoms with Crippen molar-refractivity contribution in [3.63, 3.8) is 0 Å². The van der Waals surface area contributed by atoms with Crippen LogP contribution in [0.4, 0.5) is 5.69 Å². The van der Waals surface area contributed by atoms with Crippen LogP contribution < -0.4 is 5.06 Å². The van der Waals surface area contributed by atoms with Crippen LogP contribution in [0.2, 0.25) is 0 Å². The van der Waals surface area contributed by atoms with Crippen molar-refractivity contribution in [2.75, 3.05) is 12.1 Å². The molecule has 76 valence electrons. The first kappa shape index (κ1) is 10.8. The molecule has 0 aromatic heterocycles. The smallest absolute Gasteiger partial charge is 0.101 e. The van der Waals surface area contributed by atoms with E-state index in [4.69, 9.17) is 4.84 Å². The van der Waals surface area contributed by atoms with Gasteiger partial charge in [-0.3, -0.25) is 9.90 Å². The van der Waals surface area contributed by atoms with E-state index in [-0.39, 0.29) is 6.10 Å². The van der Waals surface area contributed by atoms with Gasteiger partial charge in [-0.1, -0.05) is 23.8 Å². The van der Waals surface area contributed by atoms with Gasteiger partial charge in [0.2, 0.25) is 0 Å². The molecule has 0 aliphatic heterocycles. The first-order valence-corrected chi connectivity index (χ1v) is 4.73. The summed E-state index contributed by atoms with van der Waals surface area (Å²) in [6.07, 6.45) is 1.80. The first-order chi connectivity index (χ1) is 6.63. The molecule has 0 spiro atoms. The molecule has 0 N–H and O–H groups in total. The van der Waals surface area contributed by atoms with Gasteiger partial charge >= 0.3 is 0 Å². The van der Waals surface area contributed by atoms with E-state index in [9.17, 15) is 0 Å². The highest BCUT2D eigenvalue weighted by atomic mass is 16.7. The molecule has 14 heavy (non-hydrogen) atoms. The Balaban J connectivity index is 2.64. The lowest BCUT2D eigenvalue weighted by Gasteiger charge is -2.21. The van der Waals surface area contributed by atoms with Gasteiger partial charge in [-0.05, 0) is 26.0 Å². The van der Waals surface area contributed by atoms with E-state index >= 15 is 0 Å². The second-order valence-electron chi connectivity index (χ2n) is 3.38. The van der Waals surface area contributed by atoms with Gasteiger partial charge in [-0.15, -0.1) is 6.58 Å². The highest BCUT2D eigenvalue weighted by molar-refractivity contribution is 5.44. The maximum atomic E-state index is 5.54. The summed E-state index contributed by atoms with van der Waals surface area (Å²) < 4.78 is 0. The molecule has 2 heteroatoms. The molecule has 0 heterocycles. The van der Waals surface area contributed by atoms with E-state index in [2.05, 4.69) is 25.6 Å². The van der Waals surface area contributed by atoms with Crippen LogP contribution in [0.25, 0.3) is 0 Å². The van der Waals surface area contributed by atoms with Crippen molar-refractivity contribution in [3.8, 4) is 0 Å². The number of benzene rings is 1. The first-order valence-electron chi connectivity index (χ1n) is 4.73. The van der Waals surface area contributed by atoms with E-state index < -0.39 is 0 Å². The molecular formula is C12H17NO. The fraction of sp³-hybridized carbons (Fsp3) is 0.333. The van der Waals surface area contributed by atoms with E-state index in [0.717, 1.165) is 5.69 Å². The average molecular weight is 191 g/mol. The molecule has 2 nitrogen and oxygen atoms in total. The van der Waals surface area contributed by atoms with Crippen molar-refractivity contribution >= 4 is 5.69 Å². The average Bonchev–Trinajstić information content (AvgIpc) is 2.18. The van der Waals surface area contributed by atoms with Gasteiger partial charge in [-0.25, -0.2) is 0 Å². The minimum Gasteiger partial charge on any atom is -0.267 e. The van der Waals surface area contributed by atoms with Crippen molar-refractivity contribution in [2.24, 2.45) is 0 Å². The molecule has 0 radical (unpaired) electrons. The molecular weight excluding hydrogens is 174 g/mol. The number of aryl methyl sites for hydroxylation is 1. The Kier molecular flexibility index (Phi) is 3.72. The molecule has 1 aromatic rings. The Bertz CT molecular complexity index is 292. The molecule has 0 fully saturated rings. The standard InChI is InChI=1S/C12H17NO/c1-5-11(3)14-13(4)12-8-6-10(2)7-9-12/h5-9,11H,1H2,2-4H3/t11-/m0/s1. The SMILES string of the molecule is C=C[C@H](C)ON(C)c1ccc(C)cc1. The largest absolute Gasteiger partial charge is 0.267 e. The van der Waals surface area contributed by atoms with Crippen LogP contribution in [0.1, 0.15) is 12.5 Å². The summed E-state index contributed by atoms with van der Waals surface area (Å²) in [5.74, 6) is 0. The lowest BCUT2D eigenvalue weighted by Crippen LogP contribution is -2.22. The van der Waals surface area contributed by atoms with Crippen LogP contribution in [-0.4, -0.2) is 13.2 Å². The van der Waals surface area contributed by atoms with Gasteiger partial charge in [-0.2, -0.15) is 0 Å². The summed E-state index contributed by atoms with van der Waals surface area (Å²) in [7, 11) is 1.89. The van der Waals surface area contributed by atoms with E-state index in [1.54, 1.807) is 11.1 Å². The van der Waals surface area contributed by atoms with E-state index in [1.165, 1.54) is 5.56 Å². The van der Waals surface area contributed by atoms with Crippen LogP contribution >= 0.6 is 0 Å². The zero-order chi connectivity index (χ0) is 10.6. The molecule has 0 bridgehead atoms. The molecule has 0 amide bonds. The molecule has 0 unspecified atom stereocenters. The van der Waals surface area contributed by atoms with Crippen molar-refractivity contribution in [2.45, 2.75) is 20.0 Å². The van der Waals surface area contributed by atoms with Crippen molar-refractivity contribution in [3.05, 3.63) is 42.5 Å². The highest BCUT2D eigenvalue weighted by Gasteiger charge is 2.03. The second-order valence-corrected chi connectivity index (χ2v) is 3.38. The predicted molar refractivity (Wildman–Crippen MR) is 60.3 cm³/mol. The van der Waals surface area contributed by atoms with Crippen LogP contribution in [0.5, 0.6) is 0 Å². The summed E-state index contributed by atoms with van der Waals surface area (Å²) >= 11 is 0. The van der Waals surface area contributed by atoms with Gasteiger partial charge in [0.1, 0.15) is 6.10 Å². The quantitative estimate of drug-likeness (QED) is 0.536. The Morgan fingerprint density at radius 1 is 1.36 bits per heavy atom. The van der Waals surface area contributed by atoms with Gasteiger partial charge in [0.15, 0.2) is 0 Å². The predicted octanol–water partition coefficient (Wildman–Crippen LogP) is 2.94. The van der Waals surface area contributed by atoms with Crippen LogP contribution in [0.15, 0.2) is 36.9 Å². The number of anilines is 1.